The molecule has 0 aliphatic heterocycles. The summed E-state index contributed by atoms with van der Waals surface area (Å²) >= 11 is 0. The molecule has 1 unspecified atom stereocenters. The summed E-state index contributed by atoms with van der Waals surface area (Å²) in [6.07, 6.45) is -0.702. The number of hydrogen-bond acceptors (Lipinski definition) is 4. The number of nitrogens with zero attached hydrogens (tertiary/aromatic N) is 1. The van der Waals surface area contributed by atoms with Gasteiger partial charge in [0.25, 0.3) is 0 Å². The summed E-state index contributed by atoms with van der Waals surface area (Å²) in [5.74, 6) is 1.89. The number of hydrogen-bond donors (Lipinski definition) is 3. The second-order valence-corrected chi connectivity index (χ2v) is 6.13. The van der Waals surface area contributed by atoms with Gasteiger partial charge in [0.2, 0.25) is 0 Å². The van der Waals surface area contributed by atoms with Gasteiger partial charge in [-0.05, 0) is 42.7 Å². The molecule has 2 rings (SSSR count). The number of benzene rings is 2. The number of methoxy groups -OCH3 is 2. The van der Waals surface area contributed by atoms with Crippen LogP contribution in [-0.4, -0.2) is 38.4 Å². The first kappa shape index (κ1) is 24.0. The number of aliphatic hydroxyl groups excluding tert-OH is 1. The van der Waals surface area contributed by atoms with Crippen molar-refractivity contribution in [3.8, 4) is 11.5 Å². The van der Waals surface area contributed by atoms with Crippen LogP contribution in [0.25, 0.3) is 0 Å². The lowest BCUT2D eigenvalue weighted by Crippen LogP contribution is -2.39. The zero-order valence-electron chi connectivity index (χ0n) is 16.9. The first-order chi connectivity index (χ1) is 13.1. The summed E-state index contributed by atoms with van der Waals surface area (Å²) in [5, 5.41) is 16.9. The molecule has 0 radical (unpaired) electrons. The van der Waals surface area contributed by atoms with E-state index in [0.717, 1.165) is 12.1 Å². The van der Waals surface area contributed by atoms with Gasteiger partial charge in [-0.25, -0.2) is 4.99 Å². The second kappa shape index (κ2) is 12.5. The van der Waals surface area contributed by atoms with Crippen molar-refractivity contribution in [3.63, 3.8) is 0 Å². The van der Waals surface area contributed by atoms with Crippen molar-refractivity contribution < 1.29 is 14.6 Å². The van der Waals surface area contributed by atoms with Crippen LogP contribution >= 0.6 is 24.0 Å². The summed E-state index contributed by atoms with van der Waals surface area (Å²) in [7, 11) is 3.16. The molecule has 6 nitrogen and oxygen atoms in total. The van der Waals surface area contributed by atoms with Crippen LogP contribution in [0, 0.1) is 6.92 Å². The van der Waals surface area contributed by atoms with Crippen LogP contribution in [0.1, 0.15) is 29.7 Å². The minimum Gasteiger partial charge on any atom is -0.493 e. The lowest BCUT2D eigenvalue weighted by atomic mass is 10.1. The van der Waals surface area contributed by atoms with Gasteiger partial charge >= 0.3 is 0 Å². The van der Waals surface area contributed by atoms with Gasteiger partial charge in [-0.1, -0.05) is 30.3 Å². The van der Waals surface area contributed by atoms with Crippen molar-refractivity contribution in [1.82, 2.24) is 10.6 Å². The van der Waals surface area contributed by atoms with Crippen LogP contribution < -0.4 is 20.1 Å². The van der Waals surface area contributed by atoms with Gasteiger partial charge in [0.15, 0.2) is 17.5 Å². The molecule has 0 heterocycles. The maximum atomic E-state index is 10.5. The fraction of sp³-hybridized carbons (Fsp3) is 0.381. The highest BCUT2D eigenvalue weighted by atomic mass is 127. The molecule has 0 saturated carbocycles. The molecule has 0 fully saturated rings. The molecular formula is C21H30IN3O3. The maximum absolute atomic E-state index is 10.5. The molecule has 0 bridgehead atoms. The monoisotopic (exact) mass is 499 g/mol. The van der Waals surface area contributed by atoms with E-state index in [-0.39, 0.29) is 24.0 Å². The Morgan fingerprint density at radius 2 is 1.79 bits per heavy atom. The Labute approximate surface area is 184 Å². The smallest absolute Gasteiger partial charge is 0.191 e. The number of nitrogens with one attached hydrogen (secondary N) is 2. The van der Waals surface area contributed by atoms with Crippen LogP contribution in [0.15, 0.2) is 47.5 Å². The predicted molar refractivity (Wildman–Crippen MR) is 124 cm³/mol. The van der Waals surface area contributed by atoms with Gasteiger partial charge in [-0.15, -0.1) is 24.0 Å². The summed E-state index contributed by atoms with van der Waals surface area (Å²) in [4.78, 5) is 4.61. The molecule has 0 amide bonds. The van der Waals surface area contributed by atoms with E-state index >= 15 is 0 Å². The third kappa shape index (κ3) is 6.87. The Morgan fingerprint density at radius 3 is 2.43 bits per heavy atom. The predicted octanol–water partition coefficient (Wildman–Crippen LogP) is 3.42. The maximum Gasteiger partial charge on any atom is 0.191 e. The fourth-order valence-corrected chi connectivity index (χ4v) is 2.66. The molecule has 2 aromatic carbocycles. The fourth-order valence-electron chi connectivity index (χ4n) is 2.66. The van der Waals surface area contributed by atoms with Crippen LogP contribution in [-0.2, 0) is 6.54 Å². The largest absolute Gasteiger partial charge is 0.493 e. The zero-order valence-corrected chi connectivity index (χ0v) is 19.2. The Morgan fingerprint density at radius 1 is 1.07 bits per heavy atom. The second-order valence-electron chi connectivity index (χ2n) is 6.13. The van der Waals surface area contributed by atoms with E-state index in [1.54, 1.807) is 26.4 Å². The van der Waals surface area contributed by atoms with E-state index in [9.17, 15) is 5.11 Å². The molecule has 3 N–H and O–H groups in total. The molecule has 1 atom stereocenters. The van der Waals surface area contributed by atoms with Gasteiger partial charge in [0.1, 0.15) is 0 Å². The zero-order chi connectivity index (χ0) is 19.6. The van der Waals surface area contributed by atoms with Crippen LogP contribution in [0.4, 0.5) is 0 Å². The van der Waals surface area contributed by atoms with E-state index in [1.807, 2.05) is 25.1 Å². The molecule has 0 spiro atoms. The van der Waals surface area contributed by atoms with Crippen LogP contribution in [0.3, 0.4) is 0 Å². The van der Waals surface area contributed by atoms with E-state index in [2.05, 4.69) is 34.7 Å². The van der Waals surface area contributed by atoms with Gasteiger partial charge in [0.05, 0.1) is 26.9 Å². The van der Waals surface area contributed by atoms with E-state index < -0.39 is 6.10 Å². The summed E-state index contributed by atoms with van der Waals surface area (Å²) in [6.45, 7) is 5.73. The topological polar surface area (TPSA) is 75.1 Å². The van der Waals surface area contributed by atoms with Gasteiger partial charge < -0.3 is 25.2 Å². The lowest BCUT2D eigenvalue weighted by Gasteiger charge is -2.17. The first-order valence-electron chi connectivity index (χ1n) is 9.05. The molecule has 0 saturated heterocycles. The lowest BCUT2D eigenvalue weighted by molar-refractivity contribution is 0.180. The Balaban J connectivity index is 0.00000392. The Bertz CT molecular complexity index is 768. The minimum absolute atomic E-state index is 0. The van der Waals surface area contributed by atoms with E-state index in [4.69, 9.17) is 9.47 Å². The number of aryl methyl sites for hydroxylation is 1. The Kier molecular flexibility index (Phi) is 10.7. The molecular weight excluding hydrogens is 469 g/mol. The molecule has 28 heavy (non-hydrogen) atoms. The molecule has 7 heteroatoms. The molecule has 0 aliphatic carbocycles. The van der Waals surface area contributed by atoms with Crippen molar-refractivity contribution in [2.24, 2.45) is 4.99 Å². The van der Waals surface area contributed by atoms with Gasteiger partial charge in [-0.2, -0.15) is 0 Å². The van der Waals surface area contributed by atoms with Crippen molar-refractivity contribution in [1.29, 1.82) is 0 Å². The molecule has 2 aromatic rings. The number of guanidine groups is 1. The molecule has 154 valence electrons. The quantitative estimate of drug-likeness (QED) is 0.295. The summed E-state index contributed by atoms with van der Waals surface area (Å²) < 4.78 is 10.5. The van der Waals surface area contributed by atoms with Crippen molar-refractivity contribution in [2.45, 2.75) is 26.5 Å². The average Bonchev–Trinajstić information content (AvgIpc) is 2.70. The number of halogens is 1. The van der Waals surface area contributed by atoms with Crippen LogP contribution in [0.2, 0.25) is 0 Å². The standard InChI is InChI=1S/C21H29N3O3.HI/c1-5-22-21(23-13-17-9-7-6-8-15(17)2)24-14-18(25)16-10-11-19(26-3)20(12-16)27-4;/h6-12,18,25H,5,13-14H2,1-4H3,(H2,22,23,24);1H. The highest BCUT2D eigenvalue weighted by Gasteiger charge is 2.12. The molecule has 0 aliphatic rings. The normalized spacial score (nSPS) is 12.0. The highest BCUT2D eigenvalue weighted by Crippen LogP contribution is 2.29. The summed E-state index contributed by atoms with van der Waals surface area (Å²) in [6, 6.07) is 13.6. The van der Waals surface area contributed by atoms with Crippen molar-refractivity contribution in [3.05, 3.63) is 59.2 Å². The van der Waals surface area contributed by atoms with Gasteiger partial charge in [0, 0.05) is 13.1 Å². The summed E-state index contributed by atoms with van der Waals surface area (Å²) in [5.41, 5.74) is 3.13. The minimum atomic E-state index is -0.702. The highest BCUT2D eigenvalue weighted by molar-refractivity contribution is 14.0. The van der Waals surface area contributed by atoms with Crippen molar-refractivity contribution in [2.75, 3.05) is 27.3 Å². The number of ether oxygens (including phenoxy) is 2. The molecule has 0 aromatic heterocycles. The number of aliphatic hydroxyl groups is 1. The SMILES string of the molecule is CCNC(=NCc1ccccc1C)NCC(O)c1ccc(OC)c(OC)c1.I. The number of aliphatic imine (C=N–C) groups is 1. The van der Waals surface area contributed by atoms with E-state index in [0.29, 0.717) is 30.5 Å². The van der Waals surface area contributed by atoms with Crippen molar-refractivity contribution >= 4 is 29.9 Å². The average molecular weight is 499 g/mol. The first-order valence-corrected chi connectivity index (χ1v) is 9.05. The third-order valence-corrected chi connectivity index (χ3v) is 4.27. The van der Waals surface area contributed by atoms with Gasteiger partial charge in [-0.3, -0.25) is 0 Å². The van der Waals surface area contributed by atoms with E-state index in [1.165, 1.54) is 11.1 Å². The van der Waals surface area contributed by atoms with Crippen LogP contribution in [0.5, 0.6) is 11.5 Å². The number of rotatable bonds is 8. The third-order valence-electron chi connectivity index (χ3n) is 4.27. The Hall–Kier alpha value is -2.00.